The number of alkyl halides is 1. The molecule has 2 aromatic heterocycles. The first-order valence-electron chi connectivity index (χ1n) is 4.26. The summed E-state index contributed by atoms with van der Waals surface area (Å²) in [5.74, 6) is -0.173. The predicted octanol–water partition coefficient (Wildman–Crippen LogP) is 2.63. The molecule has 0 atom stereocenters. The number of carbonyl (C=O) groups excluding carboxylic acids is 1. The summed E-state index contributed by atoms with van der Waals surface area (Å²) in [6.07, 6.45) is 3.39. The molecule has 0 aromatic carbocycles. The van der Waals surface area contributed by atoms with E-state index in [2.05, 4.69) is 9.97 Å². The second kappa shape index (κ2) is 4.51. The summed E-state index contributed by atoms with van der Waals surface area (Å²) in [5.41, 5.74) is 1.39. The minimum atomic E-state index is -0.145. The molecule has 0 N–H and O–H groups in total. The first kappa shape index (κ1) is 10.3. The largest absolute Gasteiger partial charge is 0.291 e. The Hall–Kier alpha value is -1.26. The first-order valence-corrected chi connectivity index (χ1v) is 5.68. The van der Waals surface area contributed by atoms with Gasteiger partial charge in [0.05, 0.1) is 5.88 Å². The molecule has 0 aliphatic rings. The molecule has 0 aliphatic carbocycles. The SMILES string of the molecule is O=C(CCl)c1csc(-c2ccncc2)n1. The van der Waals surface area contributed by atoms with Crippen molar-refractivity contribution in [2.24, 2.45) is 0 Å². The summed E-state index contributed by atoms with van der Waals surface area (Å²) in [4.78, 5) is 19.4. The van der Waals surface area contributed by atoms with E-state index in [1.54, 1.807) is 17.8 Å². The highest BCUT2D eigenvalue weighted by molar-refractivity contribution is 7.13. The molecule has 15 heavy (non-hydrogen) atoms. The molecule has 5 heteroatoms. The van der Waals surface area contributed by atoms with E-state index in [1.807, 2.05) is 12.1 Å². The summed E-state index contributed by atoms with van der Waals surface area (Å²) in [6, 6.07) is 3.71. The molecule has 0 bridgehead atoms. The number of nitrogens with zero attached hydrogens (tertiary/aromatic N) is 2. The van der Waals surface area contributed by atoms with Crippen LogP contribution >= 0.6 is 22.9 Å². The topological polar surface area (TPSA) is 42.9 Å². The van der Waals surface area contributed by atoms with Crippen molar-refractivity contribution in [3.63, 3.8) is 0 Å². The Morgan fingerprint density at radius 2 is 2.13 bits per heavy atom. The summed E-state index contributed by atoms with van der Waals surface area (Å²) in [6.45, 7) is 0. The minimum Gasteiger partial charge on any atom is -0.291 e. The Morgan fingerprint density at radius 3 is 2.80 bits per heavy atom. The molecule has 2 rings (SSSR count). The monoisotopic (exact) mass is 238 g/mol. The third kappa shape index (κ3) is 2.22. The van der Waals surface area contributed by atoms with Crippen LogP contribution < -0.4 is 0 Å². The van der Waals surface area contributed by atoms with Crippen LogP contribution in [0.4, 0.5) is 0 Å². The van der Waals surface area contributed by atoms with Gasteiger partial charge in [0.2, 0.25) is 0 Å². The molecule has 2 aromatic rings. The van der Waals surface area contributed by atoms with Crippen molar-refractivity contribution < 1.29 is 4.79 Å². The van der Waals surface area contributed by atoms with Crippen molar-refractivity contribution >= 4 is 28.7 Å². The molecule has 0 fully saturated rings. The Bertz CT molecular complexity index is 469. The fourth-order valence-corrected chi connectivity index (χ4v) is 2.06. The van der Waals surface area contributed by atoms with Crippen molar-refractivity contribution in [1.29, 1.82) is 0 Å². The van der Waals surface area contributed by atoms with Gasteiger partial charge >= 0.3 is 0 Å². The van der Waals surface area contributed by atoms with Crippen molar-refractivity contribution in [1.82, 2.24) is 9.97 Å². The maximum Gasteiger partial charge on any atom is 0.196 e. The van der Waals surface area contributed by atoms with Crippen molar-refractivity contribution in [3.8, 4) is 10.6 Å². The van der Waals surface area contributed by atoms with Crippen LogP contribution in [-0.2, 0) is 0 Å². The van der Waals surface area contributed by atoms with Crippen LogP contribution in [0.25, 0.3) is 10.6 Å². The van der Waals surface area contributed by atoms with Crippen molar-refractivity contribution in [3.05, 3.63) is 35.6 Å². The van der Waals surface area contributed by atoms with Gasteiger partial charge in [-0.2, -0.15) is 0 Å². The zero-order chi connectivity index (χ0) is 10.7. The number of thiazole rings is 1. The third-order valence-electron chi connectivity index (χ3n) is 1.84. The van der Waals surface area contributed by atoms with Crippen LogP contribution in [0.2, 0.25) is 0 Å². The molecule has 0 amide bonds. The fourth-order valence-electron chi connectivity index (χ4n) is 1.10. The van der Waals surface area contributed by atoms with Crippen molar-refractivity contribution in [2.45, 2.75) is 0 Å². The Kier molecular flexibility index (Phi) is 3.08. The highest BCUT2D eigenvalue weighted by atomic mass is 35.5. The lowest BCUT2D eigenvalue weighted by molar-refractivity contribution is 0.101. The standard InChI is InChI=1S/C10H7ClN2OS/c11-5-9(14)8-6-15-10(13-8)7-1-3-12-4-2-7/h1-4,6H,5H2. The smallest absolute Gasteiger partial charge is 0.196 e. The van der Waals surface area contributed by atoms with E-state index >= 15 is 0 Å². The van der Waals surface area contributed by atoms with Gasteiger partial charge in [0, 0.05) is 23.3 Å². The van der Waals surface area contributed by atoms with E-state index in [-0.39, 0.29) is 11.7 Å². The van der Waals surface area contributed by atoms with Crippen LogP contribution in [0.1, 0.15) is 10.5 Å². The Morgan fingerprint density at radius 1 is 1.40 bits per heavy atom. The normalized spacial score (nSPS) is 10.2. The molecule has 0 aliphatic heterocycles. The Labute approximate surface area is 95.8 Å². The summed E-state index contributed by atoms with van der Waals surface area (Å²) in [5, 5.41) is 2.53. The van der Waals surface area contributed by atoms with Gasteiger partial charge in [-0.05, 0) is 12.1 Å². The number of halogens is 1. The molecule has 3 nitrogen and oxygen atoms in total. The zero-order valence-electron chi connectivity index (χ0n) is 7.68. The fraction of sp³-hybridized carbons (Fsp3) is 0.100. The lowest BCUT2D eigenvalue weighted by atomic mass is 10.3. The second-order valence-electron chi connectivity index (χ2n) is 2.83. The van der Waals surface area contributed by atoms with Gasteiger partial charge < -0.3 is 0 Å². The number of hydrogen-bond acceptors (Lipinski definition) is 4. The summed E-state index contributed by atoms with van der Waals surface area (Å²) < 4.78 is 0. The molecular formula is C10H7ClN2OS. The van der Waals surface area contributed by atoms with E-state index in [0.29, 0.717) is 5.69 Å². The number of ketones is 1. The maximum atomic E-state index is 11.3. The molecule has 0 radical (unpaired) electrons. The molecule has 76 valence electrons. The van der Waals surface area contributed by atoms with Gasteiger partial charge in [0.1, 0.15) is 10.7 Å². The highest BCUT2D eigenvalue weighted by Crippen LogP contribution is 2.22. The van der Waals surface area contributed by atoms with Crippen LogP contribution in [0.5, 0.6) is 0 Å². The van der Waals surface area contributed by atoms with Gasteiger partial charge in [-0.1, -0.05) is 0 Å². The molecular weight excluding hydrogens is 232 g/mol. The lowest BCUT2D eigenvalue weighted by Crippen LogP contribution is -1.99. The van der Waals surface area contributed by atoms with Gasteiger partial charge in [-0.25, -0.2) is 4.98 Å². The van der Waals surface area contributed by atoms with E-state index in [0.717, 1.165) is 10.6 Å². The molecule has 0 spiro atoms. The summed E-state index contributed by atoms with van der Waals surface area (Å²) >= 11 is 6.87. The number of hydrogen-bond donors (Lipinski definition) is 0. The molecule has 0 unspecified atom stereocenters. The number of carbonyl (C=O) groups is 1. The van der Waals surface area contributed by atoms with Crippen LogP contribution in [0, 0.1) is 0 Å². The van der Waals surface area contributed by atoms with Gasteiger partial charge in [-0.3, -0.25) is 9.78 Å². The van der Waals surface area contributed by atoms with Gasteiger partial charge in [0.25, 0.3) is 0 Å². The first-order chi connectivity index (χ1) is 7.31. The summed E-state index contributed by atoms with van der Waals surface area (Å²) in [7, 11) is 0. The average Bonchev–Trinajstić information content (AvgIpc) is 2.78. The van der Waals surface area contributed by atoms with E-state index in [4.69, 9.17) is 11.6 Å². The maximum absolute atomic E-state index is 11.3. The molecule has 0 saturated heterocycles. The molecule has 0 saturated carbocycles. The average molecular weight is 239 g/mol. The van der Waals surface area contributed by atoms with Gasteiger partial charge in [0.15, 0.2) is 5.78 Å². The Balaban J connectivity index is 2.32. The minimum absolute atomic E-state index is 0.0283. The third-order valence-corrected chi connectivity index (χ3v) is 2.97. The quantitative estimate of drug-likeness (QED) is 0.610. The highest BCUT2D eigenvalue weighted by Gasteiger charge is 2.10. The molecule has 2 heterocycles. The van der Waals surface area contributed by atoms with Crippen LogP contribution in [-0.4, -0.2) is 21.6 Å². The zero-order valence-corrected chi connectivity index (χ0v) is 9.26. The van der Waals surface area contributed by atoms with E-state index in [9.17, 15) is 4.79 Å². The van der Waals surface area contributed by atoms with Crippen LogP contribution in [0.15, 0.2) is 29.9 Å². The van der Waals surface area contributed by atoms with Crippen LogP contribution in [0.3, 0.4) is 0 Å². The number of pyridine rings is 1. The lowest BCUT2D eigenvalue weighted by Gasteiger charge is -1.92. The number of Topliss-reactive ketones (excluding diaryl/α,β-unsaturated/α-hetero) is 1. The van der Waals surface area contributed by atoms with Gasteiger partial charge in [-0.15, -0.1) is 22.9 Å². The van der Waals surface area contributed by atoms with E-state index in [1.165, 1.54) is 11.3 Å². The van der Waals surface area contributed by atoms with E-state index < -0.39 is 0 Å². The van der Waals surface area contributed by atoms with Crippen molar-refractivity contribution in [2.75, 3.05) is 5.88 Å². The number of rotatable bonds is 3. The predicted molar refractivity (Wildman–Crippen MR) is 60.4 cm³/mol. The second-order valence-corrected chi connectivity index (χ2v) is 3.96. The number of aromatic nitrogens is 2.